The van der Waals surface area contributed by atoms with Crippen molar-refractivity contribution in [3.8, 4) is 5.75 Å². The van der Waals surface area contributed by atoms with Gasteiger partial charge in [0.15, 0.2) is 0 Å². The first kappa shape index (κ1) is 21.7. The fraction of sp³-hybridized carbons (Fsp3) is 0.500. The number of nitrogens with one attached hydrogen (secondary N) is 1. The molecule has 0 aromatic heterocycles. The summed E-state index contributed by atoms with van der Waals surface area (Å²) in [6, 6.07) is 10.4. The molecule has 2 atom stereocenters. The van der Waals surface area contributed by atoms with E-state index in [1.165, 1.54) is 33.5 Å². The molecule has 0 aliphatic carbocycles. The Balaban J connectivity index is 1.62. The maximum atomic E-state index is 11.7. The van der Waals surface area contributed by atoms with Crippen molar-refractivity contribution >= 4 is 11.7 Å². The number of ether oxygens (including phenoxy) is 2. The summed E-state index contributed by atoms with van der Waals surface area (Å²) in [6.07, 6.45) is 2.05. The van der Waals surface area contributed by atoms with Gasteiger partial charge in [0.25, 0.3) is 0 Å². The maximum absolute atomic E-state index is 11.7. The molecule has 2 heterocycles. The SMILES string of the molecule is Cc1c(CC[C@@H]2C[C@@H](O)CC(=O)O2)c2c(c(C)c1NCc1ccccc1)CC(C)(C)O2. The fourth-order valence-electron chi connectivity index (χ4n) is 4.88. The van der Waals surface area contributed by atoms with E-state index in [0.717, 1.165) is 25.1 Å². The number of benzene rings is 2. The van der Waals surface area contributed by atoms with Crippen LogP contribution < -0.4 is 10.1 Å². The molecule has 4 rings (SSSR count). The van der Waals surface area contributed by atoms with Crippen LogP contribution in [-0.2, 0) is 28.9 Å². The Bertz CT molecular complexity index is 967. The fourth-order valence-corrected chi connectivity index (χ4v) is 4.88. The van der Waals surface area contributed by atoms with Gasteiger partial charge >= 0.3 is 5.97 Å². The first-order valence-electron chi connectivity index (χ1n) is 11.2. The molecule has 2 aliphatic rings. The predicted molar refractivity (Wildman–Crippen MR) is 122 cm³/mol. The molecule has 0 amide bonds. The molecule has 2 aromatic rings. The van der Waals surface area contributed by atoms with E-state index in [4.69, 9.17) is 9.47 Å². The van der Waals surface area contributed by atoms with Gasteiger partial charge < -0.3 is 19.9 Å². The summed E-state index contributed by atoms with van der Waals surface area (Å²) < 4.78 is 11.9. The smallest absolute Gasteiger partial charge is 0.308 e. The van der Waals surface area contributed by atoms with E-state index in [0.29, 0.717) is 12.8 Å². The van der Waals surface area contributed by atoms with Crippen molar-refractivity contribution in [1.29, 1.82) is 0 Å². The number of hydrogen-bond acceptors (Lipinski definition) is 5. The van der Waals surface area contributed by atoms with E-state index in [2.05, 4.69) is 57.3 Å². The molecule has 5 nitrogen and oxygen atoms in total. The highest BCUT2D eigenvalue weighted by Crippen LogP contribution is 2.45. The minimum Gasteiger partial charge on any atom is -0.487 e. The summed E-state index contributed by atoms with van der Waals surface area (Å²) in [7, 11) is 0. The quantitative estimate of drug-likeness (QED) is 0.663. The highest BCUT2D eigenvalue weighted by Gasteiger charge is 2.36. The number of fused-ring (bicyclic) bond motifs is 1. The minimum atomic E-state index is -0.602. The molecule has 0 bridgehead atoms. The molecular formula is C26H33NO4. The Kier molecular flexibility index (Phi) is 5.98. The molecule has 1 saturated heterocycles. The first-order valence-corrected chi connectivity index (χ1v) is 11.2. The molecular weight excluding hydrogens is 390 g/mol. The molecule has 2 aromatic carbocycles. The largest absolute Gasteiger partial charge is 0.487 e. The van der Waals surface area contributed by atoms with Crippen LogP contribution in [0.1, 0.15) is 60.9 Å². The van der Waals surface area contributed by atoms with Crippen molar-refractivity contribution < 1.29 is 19.4 Å². The van der Waals surface area contributed by atoms with Gasteiger partial charge in [-0.2, -0.15) is 0 Å². The second kappa shape index (κ2) is 8.54. The van der Waals surface area contributed by atoms with Crippen LogP contribution in [0.4, 0.5) is 5.69 Å². The molecule has 0 saturated carbocycles. The van der Waals surface area contributed by atoms with Crippen LogP contribution in [0, 0.1) is 13.8 Å². The number of rotatable bonds is 6. The first-order chi connectivity index (χ1) is 14.7. The van der Waals surface area contributed by atoms with Crippen molar-refractivity contribution in [3.05, 3.63) is 58.1 Å². The Hall–Kier alpha value is -2.53. The van der Waals surface area contributed by atoms with Gasteiger partial charge in [0, 0.05) is 30.6 Å². The van der Waals surface area contributed by atoms with Crippen molar-refractivity contribution in [2.75, 3.05) is 5.32 Å². The summed E-state index contributed by atoms with van der Waals surface area (Å²) in [5, 5.41) is 13.6. The number of anilines is 1. The lowest BCUT2D eigenvalue weighted by Gasteiger charge is -2.27. The van der Waals surface area contributed by atoms with Gasteiger partial charge in [-0.25, -0.2) is 0 Å². The summed E-state index contributed by atoms with van der Waals surface area (Å²) in [4.78, 5) is 11.7. The standard InChI is InChI=1S/C26H33NO4/c1-16-21(11-10-20-12-19(28)13-23(29)30-20)25-22(14-26(3,4)31-25)17(2)24(16)27-15-18-8-6-5-7-9-18/h5-9,19-20,27-28H,10-15H2,1-4H3/t19-,20-/m1/s1. The number of cyclic esters (lactones) is 1. The zero-order valence-corrected chi connectivity index (χ0v) is 19.0. The topological polar surface area (TPSA) is 67.8 Å². The van der Waals surface area contributed by atoms with Gasteiger partial charge in [-0.1, -0.05) is 30.3 Å². The van der Waals surface area contributed by atoms with Crippen LogP contribution >= 0.6 is 0 Å². The predicted octanol–water partition coefficient (Wildman–Crippen LogP) is 4.63. The molecule has 5 heteroatoms. The van der Waals surface area contributed by atoms with Crippen molar-refractivity contribution in [1.82, 2.24) is 0 Å². The Morgan fingerprint density at radius 3 is 2.61 bits per heavy atom. The Morgan fingerprint density at radius 2 is 1.90 bits per heavy atom. The van der Waals surface area contributed by atoms with E-state index in [-0.39, 0.29) is 24.1 Å². The Labute approximate surface area is 184 Å². The summed E-state index contributed by atoms with van der Waals surface area (Å²) in [6.45, 7) is 9.33. The van der Waals surface area contributed by atoms with Crippen LogP contribution in [0.15, 0.2) is 30.3 Å². The molecule has 0 radical (unpaired) electrons. The monoisotopic (exact) mass is 423 g/mol. The van der Waals surface area contributed by atoms with E-state index in [1.807, 2.05) is 6.07 Å². The normalized spacial score (nSPS) is 21.9. The molecule has 31 heavy (non-hydrogen) atoms. The Morgan fingerprint density at radius 1 is 1.16 bits per heavy atom. The molecule has 2 aliphatic heterocycles. The second-order valence-electron chi connectivity index (χ2n) is 9.53. The third kappa shape index (κ3) is 4.72. The van der Waals surface area contributed by atoms with Crippen LogP contribution in [0.2, 0.25) is 0 Å². The average Bonchev–Trinajstić information content (AvgIpc) is 3.03. The average molecular weight is 424 g/mol. The zero-order valence-electron chi connectivity index (χ0n) is 19.0. The zero-order chi connectivity index (χ0) is 22.2. The van der Waals surface area contributed by atoms with Crippen molar-refractivity contribution in [2.45, 2.75) is 84.2 Å². The minimum absolute atomic E-state index is 0.0975. The maximum Gasteiger partial charge on any atom is 0.308 e. The van der Waals surface area contributed by atoms with Crippen molar-refractivity contribution in [2.24, 2.45) is 0 Å². The van der Waals surface area contributed by atoms with Gasteiger partial charge in [-0.3, -0.25) is 4.79 Å². The lowest BCUT2D eigenvalue weighted by Crippen LogP contribution is -2.32. The van der Waals surface area contributed by atoms with Crippen molar-refractivity contribution in [3.63, 3.8) is 0 Å². The van der Waals surface area contributed by atoms with Gasteiger partial charge in [0.2, 0.25) is 0 Å². The number of aliphatic hydroxyl groups excluding tert-OH is 1. The third-order valence-electron chi connectivity index (χ3n) is 6.45. The van der Waals surface area contributed by atoms with Crippen LogP contribution in [0.3, 0.4) is 0 Å². The highest BCUT2D eigenvalue weighted by molar-refractivity contribution is 5.71. The third-order valence-corrected chi connectivity index (χ3v) is 6.45. The van der Waals surface area contributed by atoms with Gasteiger partial charge in [-0.05, 0) is 62.8 Å². The van der Waals surface area contributed by atoms with Crippen LogP contribution in [0.25, 0.3) is 0 Å². The summed E-state index contributed by atoms with van der Waals surface area (Å²) >= 11 is 0. The van der Waals surface area contributed by atoms with E-state index in [9.17, 15) is 9.90 Å². The van der Waals surface area contributed by atoms with Crippen LogP contribution in [0.5, 0.6) is 5.75 Å². The molecule has 0 unspecified atom stereocenters. The molecule has 2 N–H and O–H groups in total. The number of carbonyl (C=O) groups is 1. The molecule has 1 fully saturated rings. The van der Waals surface area contributed by atoms with E-state index < -0.39 is 6.10 Å². The van der Waals surface area contributed by atoms with Gasteiger partial charge in [-0.15, -0.1) is 0 Å². The summed E-state index contributed by atoms with van der Waals surface area (Å²) in [5.41, 5.74) is 7.05. The van der Waals surface area contributed by atoms with Gasteiger partial charge in [0.1, 0.15) is 17.5 Å². The number of carbonyl (C=O) groups excluding carboxylic acids is 1. The van der Waals surface area contributed by atoms with Crippen LogP contribution in [-0.4, -0.2) is 28.9 Å². The molecule has 0 spiro atoms. The van der Waals surface area contributed by atoms with Gasteiger partial charge in [0.05, 0.1) is 12.5 Å². The van der Waals surface area contributed by atoms with E-state index in [1.54, 1.807) is 0 Å². The van der Waals surface area contributed by atoms with E-state index >= 15 is 0 Å². The second-order valence-corrected chi connectivity index (χ2v) is 9.53. The lowest BCUT2D eigenvalue weighted by atomic mass is 9.89. The molecule has 166 valence electrons. The number of aliphatic hydroxyl groups is 1. The number of hydrogen-bond donors (Lipinski definition) is 2. The highest BCUT2D eigenvalue weighted by atomic mass is 16.5. The lowest BCUT2D eigenvalue weighted by molar-refractivity contribution is -0.160. The number of esters is 1. The summed E-state index contributed by atoms with van der Waals surface area (Å²) in [5.74, 6) is 0.685.